The first-order valence-corrected chi connectivity index (χ1v) is 10.0. The van der Waals surface area contributed by atoms with E-state index in [9.17, 15) is 4.79 Å². The lowest BCUT2D eigenvalue weighted by atomic mass is 10.2. The van der Waals surface area contributed by atoms with Crippen LogP contribution in [0.5, 0.6) is 0 Å². The van der Waals surface area contributed by atoms with E-state index in [1.807, 2.05) is 42.2 Å². The molecule has 0 saturated carbocycles. The van der Waals surface area contributed by atoms with Crippen LogP contribution in [0.15, 0.2) is 34.7 Å². The Morgan fingerprint density at radius 1 is 1.17 bits per heavy atom. The molecule has 1 saturated heterocycles. The van der Waals surface area contributed by atoms with Crippen LogP contribution in [0, 0.1) is 0 Å². The summed E-state index contributed by atoms with van der Waals surface area (Å²) < 4.78 is 0.823. The Morgan fingerprint density at radius 2 is 1.88 bits per heavy atom. The van der Waals surface area contributed by atoms with Gasteiger partial charge in [-0.25, -0.2) is 0 Å². The number of anilines is 2. The fraction of sp³-hybridized carbons (Fsp3) is 0.471. The molecule has 0 bridgehead atoms. The zero-order chi connectivity index (χ0) is 16.8. The van der Waals surface area contributed by atoms with Gasteiger partial charge in [-0.15, -0.1) is 10.2 Å². The summed E-state index contributed by atoms with van der Waals surface area (Å²) >= 11 is 2.98. The van der Waals surface area contributed by atoms with E-state index >= 15 is 0 Å². The van der Waals surface area contributed by atoms with Crippen molar-refractivity contribution >= 4 is 39.8 Å². The number of para-hydroxylation sites is 1. The average molecular weight is 363 g/mol. The van der Waals surface area contributed by atoms with Gasteiger partial charge in [-0.05, 0) is 31.9 Å². The Kier molecular flexibility index (Phi) is 6.09. The van der Waals surface area contributed by atoms with Gasteiger partial charge in [0.1, 0.15) is 0 Å². The van der Waals surface area contributed by atoms with Crippen molar-refractivity contribution in [2.45, 2.75) is 42.2 Å². The topological polar surface area (TPSA) is 58.1 Å². The van der Waals surface area contributed by atoms with Crippen molar-refractivity contribution < 1.29 is 4.79 Å². The Labute approximate surface area is 150 Å². The molecule has 1 aromatic carbocycles. The lowest BCUT2D eigenvalue weighted by molar-refractivity contribution is -0.130. The van der Waals surface area contributed by atoms with Crippen molar-refractivity contribution in [3.05, 3.63) is 30.3 Å². The van der Waals surface area contributed by atoms with Crippen LogP contribution in [-0.4, -0.2) is 39.3 Å². The average Bonchev–Trinajstić information content (AvgIpc) is 2.86. The Morgan fingerprint density at radius 3 is 2.58 bits per heavy atom. The van der Waals surface area contributed by atoms with E-state index < -0.39 is 0 Å². The fourth-order valence-electron chi connectivity index (χ4n) is 2.70. The minimum absolute atomic E-state index is 0.124. The predicted molar refractivity (Wildman–Crippen MR) is 100 cm³/mol. The summed E-state index contributed by atoms with van der Waals surface area (Å²) in [5.74, 6) is 0.217. The van der Waals surface area contributed by atoms with Gasteiger partial charge in [0.25, 0.3) is 0 Å². The normalized spacial score (nSPS) is 16.5. The SMILES string of the molecule is C[C@H](Sc1nnc(Nc2ccccc2)s1)C(=O)N1CCCCCC1. The molecular formula is C17H22N4OS2. The summed E-state index contributed by atoms with van der Waals surface area (Å²) in [5.41, 5.74) is 0.985. The molecule has 24 heavy (non-hydrogen) atoms. The Hall–Kier alpha value is -1.60. The van der Waals surface area contributed by atoms with Crippen LogP contribution in [0.3, 0.4) is 0 Å². The molecule has 1 atom stereocenters. The van der Waals surface area contributed by atoms with Gasteiger partial charge >= 0.3 is 0 Å². The van der Waals surface area contributed by atoms with Gasteiger partial charge in [-0.2, -0.15) is 0 Å². The molecule has 3 rings (SSSR count). The molecule has 0 aliphatic carbocycles. The third kappa shape index (κ3) is 4.70. The number of benzene rings is 1. The first kappa shape index (κ1) is 17.2. The third-order valence-electron chi connectivity index (χ3n) is 3.97. The third-order valence-corrected chi connectivity index (χ3v) is 5.99. The highest BCUT2D eigenvalue weighted by atomic mass is 32.2. The molecule has 2 heterocycles. The van der Waals surface area contributed by atoms with Crippen molar-refractivity contribution in [3.63, 3.8) is 0 Å². The van der Waals surface area contributed by atoms with Crippen molar-refractivity contribution in [3.8, 4) is 0 Å². The molecular weight excluding hydrogens is 340 g/mol. The van der Waals surface area contributed by atoms with Crippen molar-refractivity contribution in [2.75, 3.05) is 18.4 Å². The van der Waals surface area contributed by atoms with Crippen LogP contribution in [0.25, 0.3) is 0 Å². The smallest absolute Gasteiger partial charge is 0.235 e. The highest BCUT2D eigenvalue weighted by molar-refractivity contribution is 8.02. The van der Waals surface area contributed by atoms with Crippen molar-refractivity contribution in [2.24, 2.45) is 0 Å². The van der Waals surface area contributed by atoms with E-state index in [1.165, 1.54) is 35.9 Å². The zero-order valence-electron chi connectivity index (χ0n) is 13.8. The largest absolute Gasteiger partial charge is 0.342 e. The second-order valence-electron chi connectivity index (χ2n) is 5.86. The molecule has 0 radical (unpaired) electrons. The summed E-state index contributed by atoms with van der Waals surface area (Å²) in [4.78, 5) is 14.6. The molecule has 0 unspecified atom stereocenters. The number of carbonyl (C=O) groups excluding carboxylic acids is 1. The lowest BCUT2D eigenvalue weighted by Gasteiger charge is -2.23. The first-order chi connectivity index (χ1) is 11.7. The lowest BCUT2D eigenvalue weighted by Crippen LogP contribution is -2.37. The molecule has 5 nitrogen and oxygen atoms in total. The number of likely N-dealkylation sites (tertiary alicyclic amines) is 1. The number of aromatic nitrogens is 2. The van der Waals surface area contributed by atoms with Gasteiger partial charge in [0.05, 0.1) is 5.25 Å². The molecule has 1 fully saturated rings. The van der Waals surface area contributed by atoms with E-state index in [2.05, 4.69) is 15.5 Å². The standard InChI is InChI=1S/C17H22N4OS2/c1-13(15(22)21-11-7-2-3-8-12-21)23-17-20-19-16(24-17)18-14-9-5-4-6-10-14/h4-6,9-10,13H,2-3,7-8,11-12H2,1H3,(H,18,19)/t13-/m0/s1. The maximum absolute atomic E-state index is 12.6. The van der Waals surface area contributed by atoms with Crippen molar-refractivity contribution in [1.29, 1.82) is 0 Å². The van der Waals surface area contributed by atoms with Gasteiger partial charge < -0.3 is 10.2 Å². The molecule has 1 aromatic heterocycles. The maximum atomic E-state index is 12.6. The summed E-state index contributed by atoms with van der Waals surface area (Å²) in [6.07, 6.45) is 4.70. The summed E-state index contributed by atoms with van der Waals surface area (Å²) in [6, 6.07) is 9.89. The second-order valence-corrected chi connectivity index (χ2v) is 8.43. The zero-order valence-corrected chi connectivity index (χ0v) is 15.4. The van der Waals surface area contributed by atoms with Gasteiger partial charge in [0.2, 0.25) is 11.0 Å². The van der Waals surface area contributed by atoms with Crippen LogP contribution in [0.2, 0.25) is 0 Å². The summed E-state index contributed by atoms with van der Waals surface area (Å²) in [5, 5.41) is 12.2. The Bertz CT molecular complexity index is 654. The van der Waals surface area contributed by atoms with Crippen LogP contribution in [0.1, 0.15) is 32.6 Å². The molecule has 128 valence electrons. The minimum Gasteiger partial charge on any atom is -0.342 e. The number of amides is 1. The van der Waals surface area contributed by atoms with E-state index in [-0.39, 0.29) is 11.2 Å². The number of hydrogen-bond acceptors (Lipinski definition) is 6. The van der Waals surface area contributed by atoms with Gasteiger partial charge in [-0.1, -0.05) is 54.1 Å². The highest BCUT2D eigenvalue weighted by Gasteiger charge is 2.23. The number of nitrogens with one attached hydrogen (secondary N) is 1. The van der Waals surface area contributed by atoms with Crippen LogP contribution in [0.4, 0.5) is 10.8 Å². The van der Waals surface area contributed by atoms with Crippen LogP contribution >= 0.6 is 23.1 Å². The molecule has 1 amide bonds. The van der Waals surface area contributed by atoms with E-state index in [1.54, 1.807) is 0 Å². The van der Waals surface area contributed by atoms with Gasteiger partial charge in [0.15, 0.2) is 4.34 Å². The van der Waals surface area contributed by atoms with Crippen LogP contribution in [-0.2, 0) is 4.79 Å². The molecule has 1 aliphatic rings. The number of rotatable bonds is 5. The van der Waals surface area contributed by atoms with Gasteiger partial charge in [0, 0.05) is 18.8 Å². The van der Waals surface area contributed by atoms with E-state index in [0.717, 1.165) is 41.1 Å². The molecule has 1 aliphatic heterocycles. The number of nitrogens with zero attached hydrogens (tertiary/aromatic N) is 3. The minimum atomic E-state index is -0.124. The maximum Gasteiger partial charge on any atom is 0.235 e. The number of carbonyl (C=O) groups is 1. The summed E-state index contributed by atoms with van der Waals surface area (Å²) in [7, 11) is 0. The van der Waals surface area contributed by atoms with Crippen LogP contribution < -0.4 is 5.32 Å². The van der Waals surface area contributed by atoms with E-state index in [4.69, 9.17) is 0 Å². The molecule has 0 spiro atoms. The molecule has 1 N–H and O–H groups in total. The van der Waals surface area contributed by atoms with Crippen molar-refractivity contribution in [1.82, 2.24) is 15.1 Å². The van der Waals surface area contributed by atoms with E-state index in [0.29, 0.717) is 0 Å². The highest BCUT2D eigenvalue weighted by Crippen LogP contribution is 2.31. The number of thioether (sulfide) groups is 1. The quantitative estimate of drug-likeness (QED) is 0.809. The first-order valence-electron chi connectivity index (χ1n) is 8.33. The second kappa shape index (κ2) is 8.48. The van der Waals surface area contributed by atoms with Gasteiger partial charge in [-0.3, -0.25) is 4.79 Å². The molecule has 2 aromatic rings. The number of hydrogen-bond donors (Lipinski definition) is 1. The predicted octanol–water partition coefficient (Wildman–Crippen LogP) is 4.16. The monoisotopic (exact) mass is 362 g/mol. The fourth-order valence-corrected chi connectivity index (χ4v) is 4.70. The Balaban J connectivity index is 1.56. The summed E-state index contributed by atoms with van der Waals surface area (Å²) in [6.45, 7) is 3.74. The molecule has 7 heteroatoms.